The first-order valence-corrected chi connectivity index (χ1v) is 8.91. The van der Waals surface area contributed by atoms with Crippen LogP contribution in [-0.4, -0.2) is 44.0 Å². The van der Waals surface area contributed by atoms with E-state index >= 15 is 0 Å². The van der Waals surface area contributed by atoms with Gasteiger partial charge in [0, 0.05) is 37.1 Å². The molecule has 3 unspecified atom stereocenters. The first-order valence-electron chi connectivity index (χ1n) is 8.91. The summed E-state index contributed by atoms with van der Waals surface area (Å²) in [5.41, 5.74) is 0.0483. The lowest BCUT2D eigenvalue weighted by molar-refractivity contribution is -0.182. The van der Waals surface area contributed by atoms with Crippen LogP contribution in [0.25, 0.3) is 0 Å². The van der Waals surface area contributed by atoms with E-state index in [1.165, 1.54) is 0 Å². The molecule has 25 heavy (non-hydrogen) atoms. The largest absolute Gasteiger partial charge is 0.391 e. The molecule has 0 spiro atoms. The van der Waals surface area contributed by atoms with Gasteiger partial charge in [0.25, 0.3) is 0 Å². The van der Waals surface area contributed by atoms with Crippen LogP contribution in [0.1, 0.15) is 46.0 Å². The van der Waals surface area contributed by atoms with Crippen LogP contribution < -0.4 is 10.6 Å². The van der Waals surface area contributed by atoms with Crippen molar-refractivity contribution in [2.75, 3.05) is 13.7 Å². The predicted molar refractivity (Wildman–Crippen MR) is 102 cm³/mol. The Labute approximate surface area is 164 Å². The molecule has 3 aliphatic rings. The fourth-order valence-corrected chi connectivity index (χ4v) is 4.69. The zero-order chi connectivity index (χ0) is 17.5. The summed E-state index contributed by atoms with van der Waals surface area (Å²) in [6, 6.07) is 0.358. The average molecular weight is 475 g/mol. The highest BCUT2D eigenvalue weighted by Gasteiger charge is 2.59. The molecule has 1 saturated heterocycles. The molecule has 2 saturated carbocycles. The minimum atomic E-state index is -4.06. The number of hydrogen-bond acceptors (Lipinski definition) is 2. The molecular formula is C17H29F3IN3O. The quantitative estimate of drug-likeness (QED) is 0.364. The van der Waals surface area contributed by atoms with Crippen LogP contribution in [0.15, 0.2) is 4.99 Å². The Morgan fingerprint density at radius 1 is 1.08 bits per heavy atom. The standard InChI is InChI=1S/C17H28F3N3O.HI/c1-16(2)13(12-8-9-24-14(12)16)23-15(21-3)22-11-6-4-10(5-7-11)17(18,19)20;/h10-14H,4-9H2,1-3H3,(H2,21,22,23);1H. The van der Waals surface area contributed by atoms with E-state index in [-0.39, 0.29) is 48.3 Å². The normalized spacial score (nSPS) is 37.5. The Bertz CT molecular complexity index is 490. The number of hydrogen-bond donors (Lipinski definition) is 2. The average Bonchev–Trinajstić information content (AvgIpc) is 2.98. The van der Waals surface area contributed by atoms with E-state index in [1.807, 2.05) is 0 Å². The molecule has 0 radical (unpaired) electrons. The van der Waals surface area contributed by atoms with Gasteiger partial charge >= 0.3 is 6.18 Å². The van der Waals surface area contributed by atoms with E-state index < -0.39 is 12.1 Å². The van der Waals surface area contributed by atoms with Crippen LogP contribution in [0.4, 0.5) is 13.2 Å². The highest BCUT2D eigenvalue weighted by atomic mass is 127. The Morgan fingerprint density at radius 3 is 2.28 bits per heavy atom. The van der Waals surface area contributed by atoms with Crippen molar-refractivity contribution in [1.29, 1.82) is 0 Å². The highest BCUT2D eigenvalue weighted by Crippen LogP contribution is 2.52. The van der Waals surface area contributed by atoms with Crippen molar-refractivity contribution in [3.8, 4) is 0 Å². The van der Waals surface area contributed by atoms with E-state index in [0.29, 0.717) is 36.9 Å². The maximum Gasteiger partial charge on any atom is 0.391 e. The van der Waals surface area contributed by atoms with E-state index in [0.717, 1.165) is 13.0 Å². The Morgan fingerprint density at radius 2 is 1.72 bits per heavy atom. The maximum absolute atomic E-state index is 12.8. The SMILES string of the molecule is CN=C(NC1CCC(C(F)(F)F)CC1)NC1C2CCOC2C1(C)C.I. The van der Waals surface area contributed by atoms with E-state index in [9.17, 15) is 13.2 Å². The van der Waals surface area contributed by atoms with Crippen molar-refractivity contribution >= 4 is 29.9 Å². The highest BCUT2D eigenvalue weighted by molar-refractivity contribution is 14.0. The summed E-state index contributed by atoms with van der Waals surface area (Å²) in [4.78, 5) is 4.28. The Kier molecular flexibility index (Phi) is 6.55. The molecule has 0 aromatic heterocycles. The summed E-state index contributed by atoms with van der Waals surface area (Å²) < 4.78 is 44.1. The fourth-order valence-electron chi connectivity index (χ4n) is 4.69. The number of guanidine groups is 1. The van der Waals surface area contributed by atoms with E-state index in [2.05, 4.69) is 29.5 Å². The molecule has 2 aliphatic carbocycles. The van der Waals surface area contributed by atoms with E-state index in [1.54, 1.807) is 7.05 Å². The molecule has 146 valence electrons. The number of rotatable bonds is 2. The first kappa shape index (κ1) is 21.1. The zero-order valence-electron chi connectivity index (χ0n) is 15.0. The predicted octanol–water partition coefficient (Wildman–Crippen LogP) is 3.70. The summed E-state index contributed by atoms with van der Waals surface area (Å²) >= 11 is 0. The van der Waals surface area contributed by atoms with Crippen LogP contribution in [0.2, 0.25) is 0 Å². The first-order chi connectivity index (χ1) is 11.2. The molecular weight excluding hydrogens is 446 g/mol. The lowest BCUT2D eigenvalue weighted by Gasteiger charge is -2.55. The number of halogens is 4. The molecule has 3 rings (SSSR count). The van der Waals surface area contributed by atoms with Crippen LogP contribution in [0.5, 0.6) is 0 Å². The molecule has 1 heterocycles. The molecule has 8 heteroatoms. The number of nitrogens with zero attached hydrogens (tertiary/aromatic N) is 1. The second-order valence-electron chi connectivity index (χ2n) is 7.99. The lowest BCUT2D eigenvalue weighted by atomic mass is 9.57. The summed E-state index contributed by atoms with van der Waals surface area (Å²) in [7, 11) is 1.71. The maximum atomic E-state index is 12.8. The molecule has 0 bridgehead atoms. The van der Waals surface area contributed by atoms with Gasteiger partial charge in [-0.2, -0.15) is 13.2 Å². The van der Waals surface area contributed by atoms with Crippen LogP contribution in [0, 0.1) is 17.3 Å². The molecule has 0 aromatic carbocycles. The number of nitrogens with one attached hydrogen (secondary N) is 2. The molecule has 2 N–H and O–H groups in total. The minimum absolute atomic E-state index is 0. The topological polar surface area (TPSA) is 45.7 Å². The zero-order valence-corrected chi connectivity index (χ0v) is 17.4. The lowest BCUT2D eigenvalue weighted by Crippen LogP contribution is -2.68. The molecule has 3 atom stereocenters. The number of ether oxygens (including phenoxy) is 1. The molecule has 1 aliphatic heterocycles. The second-order valence-corrected chi connectivity index (χ2v) is 7.99. The molecule has 0 aromatic rings. The number of aliphatic imine (C=N–C) groups is 1. The number of alkyl halides is 3. The third-order valence-electron chi connectivity index (χ3n) is 6.15. The van der Waals surface area contributed by atoms with Gasteiger partial charge in [-0.25, -0.2) is 0 Å². The van der Waals surface area contributed by atoms with Gasteiger partial charge in [0.05, 0.1) is 12.0 Å². The van der Waals surface area contributed by atoms with Crippen LogP contribution in [-0.2, 0) is 4.74 Å². The third kappa shape index (κ3) is 4.20. The smallest absolute Gasteiger partial charge is 0.377 e. The van der Waals surface area contributed by atoms with Gasteiger partial charge < -0.3 is 15.4 Å². The monoisotopic (exact) mass is 475 g/mol. The van der Waals surface area contributed by atoms with Crippen molar-refractivity contribution in [2.45, 2.75) is 70.3 Å². The summed E-state index contributed by atoms with van der Waals surface area (Å²) in [5, 5.41) is 6.82. The Balaban J connectivity index is 0.00000225. The van der Waals surface area contributed by atoms with Gasteiger partial charge in [-0.3, -0.25) is 4.99 Å². The fraction of sp³-hybridized carbons (Fsp3) is 0.941. The minimum Gasteiger partial charge on any atom is -0.377 e. The van der Waals surface area contributed by atoms with Gasteiger partial charge in [-0.15, -0.1) is 24.0 Å². The van der Waals surface area contributed by atoms with Crippen molar-refractivity contribution < 1.29 is 17.9 Å². The second kappa shape index (κ2) is 7.78. The van der Waals surface area contributed by atoms with Crippen molar-refractivity contribution in [1.82, 2.24) is 10.6 Å². The molecule has 0 amide bonds. The Hall–Kier alpha value is -0.250. The summed E-state index contributed by atoms with van der Waals surface area (Å²) in [6.07, 6.45) is -1.23. The van der Waals surface area contributed by atoms with Gasteiger partial charge in [0.1, 0.15) is 0 Å². The van der Waals surface area contributed by atoms with Crippen LogP contribution in [0.3, 0.4) is 0 Å². The third-order valence-corrected chi connectivity index (χ3v) is 6.15. The molecule has 4 nitrogen and oxygen atoms in total. The van der Waals surface area contributed by atoms with Crippen molar-refractivity contribution in [3.05, 3.63) is 0 Å². The van der Waals surface area contributed by atoms with Crippen molar-refractivity contribution in [3.63, 3.8) is 0 Å². The summed E-state index contributed by atoms with van der Waals surface area (Å²) in [6.45, 7) is 5.20. The van der Waals surface area contributed by atoms with Gasteiger partial charge in [-0.05, 0) is 32.1 Å². The van der Waals surface area contributed by atoms with E-state index in [4.69, 9.17) is 4.74 Å². The molecule has 3 fully saturated rings. The van der Waals surface area contributed by atoms with Crippen LogP contribution >= 0.6 is 24.0 Å². The van der Waals surface area contributed by atoms with Crippen molar-refractivity contribution in [2.24, 2.45) is 22.2 Å². The van der Waals surface area contributed by atoms with Gasteiger partial charge in [0.15, 0.2) is 5.96 Å². The number of fused-ring (bicyclic) bond motifs is 1. The van der Waals surface area contributed by atoms with Gasteiger partial charge in [-0.1, -0.05) is 13.8 Å². The summed E-state index contributed by atoms with van der Waals surface area (Å²) in [5.74, 6) is 0.0564. The van der Waals surface area contributed by atoms with Gasteiger partial charge in [0.2, 0.25) is 0 Å².